The molecule has 2 heterocycles. The number of halogens is 4. The van der Waals surface area contributed by atoms with Gasteiger partial charge >= 0.3 is 6.18 Å². The number of hydrogen-bond acceptors (Lipinski definition) is 3. The molecule has 1 aromatic rings. The first kappa shape index (κ1) is 18.5. The summed E-state index contributed by atoms with van der Waals surface area (Å²) in [4.78, 5) is 6.82. The summed E-state index contributed by atoms with van der Waals surface area (Å²) < 4.78 is 38.3. The second-order valence-electron chi connectivity index (χ2n) is 5.44. The molecular formula is C14H20BrF3N4S. The zero-order valence-electron chi connectivity index (χ0n) is 12.8. The number of hydrogen-bond donors (Lipinski definition) is 2. The molecule has 2 N–H and O–H groups in total. The lowest BCUT2D eigenvalue weighted by Gasteiger charge is -2.19. The highest BCUT2D eigenvalue weighted by molar-refractivity contribution is 9.11. The normalized spacial score (nSPS) is 20.0. The molecule has 0 radical (unpaired) electrons. The third-order valence-corrected chi connectivity index (χ3v) is 5.22. The van der Waals surface area contributed by atoms with Gasteiger partial charge in [-0.05, 0) is 40.9 Å². The van der Waals surface area contributed by atoms with Crippen molar-refractivity contribution in [2.75, 3.05) is 33.2 Å². The standard InChI is InChI=1S/C14H20BrF3N4S/c1-19-13(20-6-4-11-2-3-12(15)23-11)21-10-5-7-22(8-10)9-14(16,17)18/h2-3,10H,4-9H2,1H3,(H2,19,20,21). The highest BCUT2D eigenvalue weighted by atomic mass is 79.9. The lowest BCUT2D eigenvalue weighted by molar-refractivity contribution is -0.143. The fourth-order valence-corrected chi connectivity index (χ4v) is 4.01. The maximum Gasteiger partial charge on any atom is 0.401 e. The van der Waals surface area contributed by atoms with Gasteiger partial charge in [0.15, 0.2) is 5.96 Å². The number of nitrogens with zero attached hydrogens (tertiary/aromatic N) is 2. The van der Waals surface area contributed by atoms with Gasteiger partial charge in [0.25, 0.3) is 0 Å². The molecular weight excluding hydrogens is 393 g/mol. The fraction of sp³-hybridized carbons (Fsp3) is 0.643. The van der Waals surface area contributed by atoms with Crippen molar-refractivity contribution in [2.45, 2.75) is 25.1 Å². The Morgan fingerprint density at radius 3 is 2.87 bits per heavy atom. The SMILES string of the molecule is CN=C(NCCc1ccc(Br)s1)NC1CCN(CC(F)(F)F)C1. The van der Waals surface area contributed by atoms with E-state index in [0.717, 1.165) is 16.8 Å². The van der Waals surface area contributed by atoms with Crippen LogP contribution in [0.1, 0.15) is 11.3 Å². The topological polar surface area (TPSA) is 39.7 Å². The molecule has 0 saturated carbocycles. The van der Waals surface area contributed by atoms with Crippen LogP contribution >= 0.6 is 27.3 Å². The van der Waals surface area contributed by atoms with E-state index in [-0.39, 0.29) is 6.04 Å². The van der Waals surface area contributed by atoms with E-state index in [4.69, 9.17) is 0 Å². The van der Waals surface area contributed by atoms with Gasteiger partial charge in [-0.15, -0.1) is 11.3 Å². The highest BCUT2D eigenvalue weighted by Gasteiger charge is 2.34. The summed E-state index contributed by atoms with van der Waals surface area (Å²) in [6, 6.07) is 4.08. The van der Waals surface area contributed by atoms with Crippen molar-refractivity contribution in [1.29, 1.82) is 0 Å². The van der Waals surface area contributed by atoms with Crippen molar-refractivity contribution in [3.63, 3.8) is 0 Å². The van der Waals surface area contributed by atoms with Crippen LogP contribution in [0.15, 0.2) is 20.9 Å². The third-order valence-electron chi connectivity index (χ3n) is 3.53. The Kier molecular flexibility index (Phi) is 6.72. The number of thiophene rings is 1. The van der Waals surface area contributed by atoms with Crippen molar-refractivity contribution in [2.24, 2.45) is 4.99 Å². The Hall–Kier alpha value is -0.800. The molecule has 1 atom stereocenters. The smallest absolute Gasteiger partial charge is 0.356 e. The molecule has 1 aromatic heterocycles. The first-order valence-corrected chi connectivity index (χ1v) is 8.97. The summed E-state index contributed by atoms with van der Waals surface area (Å²) >= 11 is 5.12. The van der Waals surface area contributed by atoms with Crippen molar-refractivity contribution in [1.82, 2.24) is 15.5 Å². The molecule has 2 rings (SSSR count). The molecule has 1 fully saturated rings. The van der Waals surface area contributed by atoms with Gasteiger partial charge in [0.1, 0.15) is 0 Å². The molecule has 0 spiro atoms. The largest absolute Gasteiger partial charge is 0.401 e. The minimum absolute atomic E-state index is 0.000526. The average molecular weight is 413 g/mol. The van der Waals surface area contributed by atoms with E-state index >= 15 is 0 Å². The van der Waals surface area contributed by atoms with E-state index in [1.165, 1.54) is 9.78 Å². The van der Waals surface area contributed by atoms with Crippen molar-refractivity contribution in [3.05, 3.63) is 20.8 Å². The van der Waals surface area contributed by atoms with Crippen LogP contribution in [0.2, 0.25) is 0 Å². The monoisotopic (exact) mass is 412 g/mol. The summed E-state index contributed by atoms with van der Waals surface area (Å²) in [6.07, 6.45) is -2.57. The molecule has 0 aromatic carbocycles. The molecule has 1 aliphatic heterocycles. The summed E-state index contributed by atoms with van der Waals surface area (Å²) in [6.45, 7) is 0.728. The van der Waals surface area contributed by atoms with Crippen molar-refractivity contribution >= 4 is 33.2 Å². The summed E-state index contributed by atoms with van der Waals surface area (Å²) in [5.74, 6) is 0.638. The minimum atomic E-state index is -4.14. The van der Waals surface area contributed by atoms with Gasteiger partial charge in [0.2, 0.25) is 0 Å². The quantitative estimate of drug-likeness (QED) is 0.576. The van der Waals surface area contributed by atoms with Gasteiger partial charge < -0.3 is 10.6 Å². The Bertz CT molecular complexity index is 532. The van der Waals surface area contributed by atoms with Gasteiger partial charge in [0, 0.05) is 37.6 Å². The van der Waals surface area contributed by atoms with Crippen molar-refractivity contribution in [3.8, 4) is 0 Å². The second-order valence-corrected chi connectivity index (χ2v) is 7.98. The molecule has 4 nitrogen and oxygen atoms in total. The van der Waals surface area contributed by atoms with Gasteiger partial charge in [-0.2, -0.15) is 13.2 Å². The lowest BCUT2D eigenvalue weighted by Crippen LogP contribution is -2.45. The van der Waals surface area contributed by atoms with Gasteiger partial charge in [0.05, 0.1) is 10.3 Å². The van der Waals surface area contributed by atoms with E-state index in [2.05, 4.69) is 37.6 Å². The molecule has 0 aliphatic carbocycles. The van der Waals surface area contributed by atoms with Gasteiger partial charge in [-0.25, -0.2) is 0 Å². The predicted octanol–water partition coefficient (Wildman–Crippen LogP) is 2.85. The lowest BCUT2D eigenvalue weighted by atomic mass is 10.3. The number of guanidine groups is 1. The molecule has 130 valence electrons. The van der Waals surface area contributed by atoms with Crippen LogP contribution in [0.5, 0.6) is 0 Å². The van der Waals surface area contributed by atoms with E-state index in [0.29, 0.717) is 25.5 Å². The first-order chi connectivity index (χ1) is 10.9. The van der Waals surface area contributed by atoms with Gasteiger partial charge in [-0.3, -0.25) is 9.89 Å². The van der Waals surface area contributed by atoms with Crippen LogP contribution in [0, 0.1) is 0 Å². The number of aliphatic imine (C=N–C) groups is 1. The predicted molar refractivity (Wildman–Crippen MR) is 91.1 cm³/mol. The molecule has 9 heteroatoms. The zero-order chi connectivity index (χ0) is 16.9. The average Bonchev–Trinajstić information content (AvgIpc) is 3.05. The van der Waals surface area contributed by atoms with Crippen LogP contribution in [0.3, 0.4) is 0 Å². The zero-order valence-corrected chi connectivity index (χ0v) is 15.2. The Morgan fingerprint density at radius 2 is 2.26 bits per heavy atom. The van der Waals surface area contributed by atoms with Crippen LogP contribution < -0.4 is 10.6 Å². The Labute approximate surface area is 146 Å². The number of rotatable bonds is 5. The molecule has 0 bridgehead atoms. The number of likely N-dealkylation sites (tertiary alicyclic amines) is 1. The van der Waals surface area contributed by atoms with Crippen molar-refractivity contribution < 1.29 is 13.2 Å². The third kappa shape index (κ3) is 6.68. The summed E-state index contributed by atoms with van der Waals surface area (Å²) in [7, 11) is 1.67. The molecule has 1 unspecified atom stereocenters. The molecule has 1 saturated heterocycles. The fourth-order valence-electron chi connectivity index (χ4n) is 2.53. The van der Waals surface area contributed by atoms with E-state index in [1.807, 2.05) is 6.07 Å². The van der Waals surface area contributed by atoms with E-state index in [1.54, 1.807) is 18.4 Å². The maximum atomic E-state index is 12.4. The van der Waals surface area contributed by atoms with Crippen LogP contribution in [0.25, 0.3) is 0 Å². The van der Waals surface area contributed by atoms with Crippen LogP contribution in [0.4, 0.5) is 13.2 Å². The Morgan fingerprint density at radius 1 is 1.48 bits per heavy atom. The first-order valence-electron chi connectivity index (χ1n) is 7.36. The van der Waals surface area contributed by atoms with E-state index in [9.17, 15) is 13.2 Å². The van der Waals surface area contributed by atoms with E-state index < -0.39 is 12.7 Å². The molecule has 1 aliphatic rings. The molecule has 0 amide bonds. The summed E-state index contributed by atoms with van der Waals surface area (Å²) in [5, 5.41) is 6.40. The summed E-state index contributed by atoms with van der Waals surface area (Å²) in [5.41, 5.74) is 0. The maximum absolute atomic E-state index is 12.4. The highest BCUT2D eigenvalue weighted by Crippen LogP contribution is 2.22. The number of nitrogens with one attached hydrogen (secondary N) is 2. The second kappa shape index (κ2) is 8.34. The number of alkyl halides is 3. The minimum Gasteiger partial charge on any atom is -0.356 e. The van der Waals surface area contributed by atoms with Crippen LogP contribution in [-0.4, -0.2) is 56.3 Å². The Balaban J connectivity index is 1.71. The molecule has 23 heavy (non-hydrogen) atoms. The van der Waals surface area contributed by atoms with Gasteiger partial charge in [-0.1, -0.05) is 0 Å². The van der Waals surface area contributed by atoms with Crippen LogP contribution in [-0.2, 0) is 6.42 Å².